The van der Waals surface area contributed by atoms with E-state index in [0.717, 1.165) is 43.4 Å². The normalized spacial score (nSPS) is 18.1. The zero-order chi connectivity index (χ0) is 15.4. The topological polar surface area (TPSA) is 48.8 Å². The van der Waals surface area contributed by atoms with Gasteiger partial charge >= 0.3 is 0 Å². The van der Waals surface area contributed by atoms with Crippen LogP contribution in [0.4, 0.5) is 0 Å². The zero-order valence-corrected chi connectivity index (χ0v) is 13.8. The van der Waals surface area contributed by atoms with Crippen LogP contribution in [0.2, 0.25) is 0 Å². The minimum absolute atomic E-state index is 0.336. The van der Waals surface area contributed by atoms with Gasteiger partial charge in [-0.25, -0.2) is 4.98 Å². The molecule has 1 fully saturated rings. The molecule has 2 aromatic rings. The third-order valence-corrected chi connectivity index (χ3v) is 4.86. The predicted molar refractivity (Wildman–Crippen MR) is 89.2 cm³/mol. The number of fused-ring (bicyclic) bond motifs is 1. The number of aromatic nitrogens is 1. The summed E-state index contributed by atoms with van der Waals surface area (Å²) >= 11 is 1.73. The van der Waals surface area contributed by atoms with E-state index in [-0.39, 0.29) is 6.10 Å². The van der Waals surface area contributed by atoms with Crippen LogP contribution in [0.1, 0.15) is 5.01 Å². The molecule has 1 aromatic heterocycles. The maximum Gasteiger partial charge on any atom is 0.108 e. The van der Waals surface area contributed by atoms with Gasteiger partial charge in [0, 0.05) is 26.2 Å². The van der Waals surface area contributed by atoms with Crippen LogP contribution in [0.3, 0.4) is 0 Å². The van der Waals surface area contributed by atoms with Gasteiger partial charge in [0.2, 0.25) is 0 Å². The summed E-state index contributed by atoms with van der Waals surface area (Å²) in [6.45, 7) is 5.53. The Kier molecular flexibility index (Phi) is 5.38. The van der Waals surface area contributed by atoms with Gasteiger partial charge in [-0.2, -0.15) is 0 Å². The highest BCUT2D eigenvalue weighted by Gasteiger charge is 2.16. The first-order valence-corrected chi connectivity index (χ1v) is 8.53. The second kappa shape index (κ2) is 7.48. The number of para-hydroxylation sites is 1. The van der Waals surface area contributed by atoms with Crippen molar-refractivity contribution in [3.8, 4) is 0 Å². The highest BCUT2D eigenvalue weighted by Crippen LogP contribution is 2.22. The highest BCUT2D eigenvalue weighted by atomic mass is 32.1. The lowest BCUT2D eigenvalue weighted by atomic mass is 10.3. The average molecular weight is 321 g/mol. The van der Waals surface area contributed by atoms with E-state index < -0.39 is 0 Å². The van der Waals surface area contributed by atoms with E-state index in [2.05, 4.69) is 20.9 Å². The van der Waals surface area contributed by atoms with Crippen molar-refractivity contribution in [3.05, 3.63) is 29.3 Å². The summed E-state index contributed by atoms with van der Waals surface area (Å²) in [4.78, 5) is 9.05. The second-order valence-corrected chi connectivity index (χ2v) is 6.95. The molecule has 5 nitrogen and oxygen atoms in total. The van der Waals surface area contributed by atoms with Gasteiger partial charge in [0.25, 0.3) is 0 Å². The summed E-state index contributed by atoms with van der Waals surface area (Å²) in [6.07, 6.45) is -0.336. The summed E-state index contributed by atoms with van der Waals surface area (Å²) < 4.78 is 6.55. The van der Waals surface area contributed by atoms with Crippen LogP contribution in [-0.2, 0) is 11.3 Å². The molecule has 2 heterocycles. The van der Waals surface area contributed by atoms with E-state index in [1.54, 1.807) is 11.3 Å². The van der Waals surface area contributed by atoms with Crippen molar-refractivity contribution >= 4 is 21.6 Å². The summed E-state index contributed by atoms with van der Waals surface area (Å²) in [5.41, 5.74) is 1.06. The van der Waals surface area contributed by atoms with Gasteiger partial charge in [0.15, 0.2) is 0 Å². The first-order chi connectivity index (χ1) is 10.7. The van der Waals surface area contributed by atoms with Crippen LogP contribution in [-0.4, -0.2) is 72.4 Å². The molecular formula is C16H23N3O2S. The molecule has 0 aliphatic carbocycles. The maximum absolute atomic E-state index is 10.2. The Hall–Kier alpha value is -1.05. The van der Waals surface area contributed by atoms with Gasteiger partial charge in [0.05, 0.1) is 36.1 Å². The number of aliphatic hydroxyl groups excluding tert-OH is 1. The summed E-state index contributed by atoms with van der Waals surface area (Å²) in [6, 6.07) is 8.20. The van der Waals surface area contributed by atoms with Crippen molar-refractivity contribution in [2.75, 3.05) is 46.4 Å². The Morgan fingerprint density at radius 1 is 1.36 bits per heavy atom. The molecule has 22 heavy (non-hydrogen) atoms. The molecule has 0 amide bonds. The fourth-order valence-corrected chi connectivity index (χ4v) is 3.83. The quantitative estimate of drug-likeness (QED) is 0.872. The Balaban J connectivity index is 1.49. The molecule has 6 heteroatoms. The third kappa shape index (κ3) is 4.24. The predicted octanol–water partition coefficient (Wildman–Crippen LogP) is 1.42. The van der Waals surface area contributed by atoms with Crippen LogP contribution in [0.25, 0.3) is 10.2 Å². The van der Waals surface area contributed by atoms with Crippen LogP contribution in [0.5, 0.6) is 0 Å². The maximum atomic E-state index is 10.2. The first-order valence-electron chi connectivity index (χ1n) is 7.72. The van der Waals surface area contributed by atoms with Gasteiger partial charge in [-0.3, -0.25) is 9.80 Å². The highest BCUT2D eigenvalue weighted by molar-refractivity contribution is 7.18. The van der Waals surface area contributed by atoms with Gasteiger partial charge in [-0.05, 0) is 19.2 Å². The SMILES string of the molecule is CN(Cc1nc2ccccc2s1)C[C@@H](O)CN1CCOCC1. The third-order valence-electron chi connectivity index (χ3n) is 3.84. The van der Waals surface area contributed by atoms with Gasteiger partial charge in [0.1, 0.15) is 5.01 Å². The molecule has 1 aliphatic heterocycles. The molecule has 120 valence electrons. The van der Waals surface area contributed by atoms with E-state index in [9.17, 15) is 5.11 Å². The molecule has 0 bridgehead atoms. The summed E-state index contributed by atoms with van der Waals surface area (Å²) in [5, 5.41) is 11.3. The van der Waals surface area contributed by atoms with Crippen LogP contribution >= 0.6 is 11.3 Å². The van der Waals surface area contributed by atoms with Crippen molar-refractivity contribution in [2.24, 2.45) is 0 Å². The number of benzene rings is 1. The summed E-state index contributed by atoms with van der Waals surface area (Å²) in [7, 11) is 2.04. The van der Waals surface area contributed by atoms with Crippen molar-refractivity contribution in [3.63, 3.8) is 0 Å². The Bertz CT molecular complexity index is 565. The van der Waals surface area contributed by atoms with Crippen molar-refractivity contribution in [1.29, 1.82) is 0 Å². The monoisotopic (exact) mass is 321 g/mol. The first kappa shape index (κ1) is 15.8. The van der Waals surface area contributed by atoms with Crippen LogP contribution in [0.15, 0.2) is 24.3 Å². The molecule has 1 saturated heterocycles. The van der Waals surface area contributed by atoms with Crippen molar-refractivity contribution in [1.82, 2.24) is 14.8 Å². The number of β-amino-alcohol motifs (C(OH)–C–C–N with tert-alkyl or cyclic N) is 1. The summed E-state index contributed by atoms with van der Waals surface area (Å²) in [5.74, 6) is 0. The number of ether oxygens (including phenoxy) is 1. The Morgan fingerprint density at radius 2 is 2.14 bits per heavy atom. The average Bonchev–Trinajstić information content (AvgIpc) is 2.89. The number of nitrogens with zero attached hydrogens (tertiary/aromatic N) is 3. The fourth-order valence-electron chi connectivity index (χ4n) is 2.78. The van der Waals surface area contributed by atoms with E-state index in [4.69, 9.17) is 4.74 Å². The van der Waals surface area contributed by atoms with E-state index in [1.807, 2.05) is 25.2 Å². The Morgan fingerprint density at radius 3 is 2.91 bits per heavy atom. The number of hydrogen-bond donors (Lipinski definition) is 1. The molecule has 1 aromatic carbocycles. The molecular weight excluding hydrogens is 298 g/mol. The lowest BCUT2D eigenvalue weighted by Crippen LogP contribution is -2.43. The number of likely N-dealkylation sites (N-methyl/N-ethyl adjacent to an activating group) is 1. The number of rotatable bonds is 6. The fraction of sp³-hybridized carbons (Fsp3) is 0.562. The van der Waals surface area contributed by atoms with Crippen LogP contribution in [0, 0.1) is 0 Å². The zero-order valence-electron chi connectivity index (χ0n) is 12.9. The smallest absolute Gasteiger partial charge is 0.108 e. The Labute approximate surface area is 135 Å². The molecule has 0 saturated carbocycles. The molecule has 0 unspecified atom stereocenters. The van der Waals surface area contributed by atoms with Crippen molar-refractivity contribution in [2.45, 2.75) is 12.6 Å². The molecule has 0 spiro atoms. The number of hydrogen-bond acceptors (Lipinski definition) is 6. The lowest BCUT2D eigenvalue weighted by Gasteiger charge is -2.29. The molecule has 0 radical (unpaired) electrons. The van der Waals surface area contributed by atoms with Gasteiger partial charge < -0.3 is 9.84 Å². The molecule has 3 rings (SSSR count). The number of morpholine rings is 1. The van der Waals surface area contributed by atoms with E-state index in [0.29, 0.717) is 13.1 Å². The number of thiazole rings is 1. The minimum atomic E-state index is -0.336. The number of aliphatic hydroxyl groups is 1. The molecule has 1 aliphatic rings. The van der Waals surface area contributed by atoms with Crippen molar-refractivity contribution < 1.29 is 9.84 Å². The second-order valence-electron chi connectivity index (χ2n) is 5.84. The molecule has 1 atom stereocenters. The van der Waals surface area contributed by atoms with Gasteiger partial charge in [-0.15, -0.1) is 11.3 Å². The molecule has 1 N–H and O–H groups in total. The standard InChI is InChI=1S/C16H23N3O2S/c1-18(10-13(20)11-19-6-8-21-9-7-19)12-16-17-14-4-2-3-5-15(14)22-16/h2-5,13,20H,6-12H2,1H3/t13-/m1/s1. The van der Waals surface area contributed by atoms with Gasteiger partial charge in [-0.1, -0.05) is 12.1 Å². The largest absolute Gasteiger partial charge is 0.390 e. The van der Waals surface area contributed by atoms with E-state index >= 15 is 0 Å². The van der Waals surface area contributed by atoms with E-state index in [1.165, 1.54) is 4.70 Å². The van der Waals surface area contributed by atoms with Crippen LogP contribution < -0.4 is 0 Å². The lowest BCUT2D eigenvalue weighted by molar-refractivity contribution is 0.00825. The minimum Gasteiger partial charge on any atom is -0.390 e.